The van der Waals surface area contributed by atoms with Crippen LogP contribution in [0.3, 0.4) is 0 Å². The third-order valence-corrected chi connectivity index (χ3v) is 6.11. The number of nitrogen functional groups attached to an aromatic ring is 1. The van der Waals surface area contributed by atoms with E-state index in [0.29, 0.717) is 15.2 Å². The van der Waals surface area contributed by atoms with Crippen LogP contribution in [0.2, 0.25) is 0 Å². The minimum absolute atomic E-state index is 0.0851. The monoisotopic (exact) mass is 372 g/mol. The number of thioether (sulfide) groups is 1. The maximum atomic E-state index is 12.7. The fraction of sp³-hybridized carbons (Fsp3) is 0.278. The highest BCUT2D eigenvalue weighted by Crippen LogP contribution is 2.27. The van der Waals surface area contributed by atoms with Gasteiger partial charge in [0.25, 0.3) is 0 Å². The maximum absolute atomic E-state index is 12.7. The van der Waals surface area contributed by atoms with Crippen molar-refractivity contribution >= 4 is 34.0 Å². The van der Waals surface area contributed by atoms with Gasteiger partial charge in [-0.25, -0.2) is 0 Å². The predicted molar refractivity (Wildman–Crippen MR) is 104 cm³/mol. The van der Waals surface area contributed by atoms with Gasteiger partial charge in [0.15, 0.2) is 10.1 Å². The van der Waals surface area contributed by atoms with Crippen molar-refractivity contribution in [1.82, 2.24) is 14.8 Å². The van der Waals surface area contributed by atoms with Gasteiger partial charge in [0.05, 0.1) is 5.75 Å². The first-order valence-corrected chi connectivity index (χ1v) is 9.68. The van der Waals surface area contributed by atoms with Gasteiger partial charge in [-0.3, -0.25) is 4.79 Å². The molecule has 0 unspecified atom stereocenters. The number of hydrogen-bond acceptors (Lipinski definition) is 6. The highest BCUT2D eigenvalue weighted by atomic mass is 32.2. The van der Waals surface area contributed by atoms with Crippen molar-refractivity contribution in [1.29, 1.82) is 0 Å². The van der Waals surface area contributed by atoms with Crippen LogP contribution in [-0.4, -0.2) is 26.3 Å². The average Bonchev–Trinajstić information content (AvgIpc) is 3.11. The summed E-state index contributed by atoms with van der Waals surface area (Å²) in [7, 11) is 0. The summed E-state index contributed by atoms with van der Waals surface area (Å²) >= 11 is 2.67. The number of anilines is 1. The van der Waals surface area contributed by atoms with Gasteiger partial charge >= 0.3 is 0 Å². The van der Waals surface area contributed by atoms with Crippen LogP contribution in [0.25, 0.3) is 5.69 Å². The molecule has 2 aromatic heterocycles. The third kappa shape index (κ3) is 3.62. The molecule has 0 saturated carbocycles. The minimum Gasteiger partial charge on any atom is -0.374 e. The van der Waals surface area contributed by atoms with Crippen molar-refractivity contribution in [3.8, 4) is 5.69 Å². The number of aromatic nitrogens is 3. The number of carbonyl (C=O) groups excluding carboxylic acids is 1. The quantitative estimate of drug-likeness (QED) is 0.539. The van der Waals surface area contributed by atoms with Gasteiger partial charge in [-0.15, -0.1) is 10.2 Å². The summed E-state index contributed by atoms with van der Waals surface area (Å²) in [5.41, 5.74) is 11.9. The number of Topliss-reactive ketones (excluding diaryl/α,β-unsaturated/α-hetero) is 1. The molecule has 130 valence electrons. The zero-order chi connectivity index (χ0) is 18.1. The Kier molecular flexibility index (Phi) is 4.96. The van der Waals surface area contributed by atoms with Crippen LogP contribution in [0.15, 0.2) is 28.6 Å². The summed E-state index contributed by atoms with van der Waals surface area (Å²) in [6.45, 7) is 8.21. The number of nitrogens with two attached hydrogens (primary N) is 1. The summed E-state index contributed by atoms with van der Waals surface area (Å²) in [6, 6.07) is 8.32. The molecule has 5 nitrogen and oxygen atoms in total. The summed E-state index contributed by atoms with van der Waals surface area (Å²) < 4.78 is 2.85. The number of carbonyl (C=O) groups is 1. The molecule has 1 aromatic carbocycles. The molecular weight excluding hydrogens is 352 g/mol. The minimum atomic E-state index is 0.0851. The van der Waals surface area contributed by atoms with E-state index in [1.807, 2.05) is 19.9 Å². The van der Waals surface area contributed by atoms with E-state index >= 15 is 0 Å². The Balaban J connectivity index is 1.85. The highest BCUT2D eigenvalue weighted by Gasteiger charge is 2.17. The highest BCUT2D eigenvalue weighted by molar-refractivity contribution is 8.01. The smallest absolute Gasteiger partial charge is 0.203 e. The number of hydrogen-bond donors (Lipinski definition) is 1. The molecule has 0 saturated heterocycles. The molecule has 0 aliphatic heterocycles. The SMILES string of the molecule is Cc1ccc(-n2c(C)cc(C(=O)CSc3nnc(N)s3)c2C)cc1C. The van der Waals surface area contributed by atoms with E-state index in [0.717, 1.165) is 22.6 Å². The van der Waals surface area contributed by atoms with Crippen LogP contribution >= 0.6 is 23.1 Å². The molecule has 0 bridgehead atoms. The average molecular weight is 373 g/mol. The first-order chi connectivity index (χ1) is 11.9. The second kappa shape index (κ2) is 7.01. The van der Waals surface area contributed by atoms with E-state index in [1.54, 1.807) is 0 Å². The predicted octanol–water partition coefficient (Wildman–Crippen LogP) is 4.12. The third-order valence-electron chi connectivity index (χ3n) is 4.23. The molecule has 0 amide bonds. The Bertz CT molecular complexity index is 943. The van der Waals surface area contributed by atoms with Crippen LogP contribution < -0.4 is 5.73 Å². The Labute approximate surface area is 155 Å². The normalized spacial score (nSPS) is 11.0. The number of aryl methyl sites for hydroxylation is 3. The van der Waals surface area contributed by atoms with Crippen molar-refractivity contribution in [2.75, 3.05) is 11.5 Å². The van der Waals surface area contributed by atoms with E-state index in [9.17, 15) is 4.79 Å². The molecule has 0 aliphatic rings. The Hall–Kier alpha value is -2.12. The van der Waals surface area contributed by atoms with Gasteiger partial charge < -0.3 is 10.3 Å². The topological polar surface area (TPSA) is 73.8 Å². The van der Waals surface area contributed by atoms with Crippen LogP contribution in [0.5, 0.6) is 0 Å². The van der Waals surface area contributed by atoms with Crippen molar-refractivity contribution in [3.05, 3.63) is 52.3 Å². The zero-order valence-corrected chi connectivity index (χ0v) is 16.3. The van der Waals surface area contributed by atoms with Gasteiger partial charge in [-0.1, -0.05) is 29.2 Å². The number of ketones is 1. The Morgan fingerprint density at radius 3 is 2.56 bits per heavy atom. The lowest BCUT2D eigenvalue weighted by Crippen LogP contribution is -2.05. The van der Waals surface area contributed by atoms with E-state index in [2.05, 4.69) is 46.8 Å². The fourth-order valence-electron chi connectivity index (χ4n) is 2.79. The zero-order valence-electron chi connectivity index (χ0n) is 14.7. The molecule has 3 aromatic rings. The van der Waals surface area contributed by atoms with Crippen molar-refractivity contribution in [2.45, 2.75) is 32.0 Å². The van der Waals surface area contributed by atoms with Crippen LogP contribution in [-0.2, 0) is 0 Å². The number of benzene rings is 1. The first kappa shape index (κ1) is 17.7. The summed E-state index contributed by atoms with van der Waals surface area (Å²) in [4.78, 5) is 12.7. The van der Waals surface area contributed by atoms with Crippen molar-refractivity contribution < 1.29 is 4.79 Å². The maximum Gasteiger partial charge on any atom is 0.203 e. The van der Waals surface area contributed by atoms with Crippen LogP contribution in [0, 0.1) is 27.7 Å². The molecule has 3 rings (SSSR count). The van der Waals surface area contributed by atoms with E-state index in [4.69, 9.17) is 5.73 Å². The lowest BCUT2D eigenvalue weighted by Gasteiger charge is -2.12. The van der Waals surface area contributed by atoms with E-state index in [1.165, 1.54) is 34.2 Å². The Morgan fingerprint density at radius 1 is 1.16 bits per heavy atom. The molecule has 0 radical (unpaired) electrons. The van der Waals surface area contributed by atoms with Gasteiger partial charge in [0.1, 0.15) is 0 Å². The van der Waals surface area contributed by atoms with Gasteiger partial charge in [-0.05, 0) is 57.0 Å². The van der Waals surface area contributed by atoms with E-state index in [-0.39, 0.29) is 5.78 Å². The molecule has 2 heterocycles. The van der Waals surface area contributed by atoms with Crippen LogP contribution in [0.1, 0.15) is 32.9 Å². The Morgan fingerprint density at radius 2 is 1.92 bits per heavy atom. The molecule has 7 heteroatoms. The lowest BCUT2D eigenvalue weighted by atomic mass is 10.1. The molecule has 0 atom stereocenters. The molecule has 0 aliphatic carbocycles. The molecule has 25 heavy (non-hydrogen) atoms. The molecule has 0 fully saturated rings. The van der Waals surface area contributed by atoms with Gasteiger partial charge in [0.2, 0.25) is 5.13 Å². The summed E-state index contributed by atoms with van der Waals surface area (Å²) in [5, 5.41) is 8.13. The molecular formula is C18H20N4OS2. The second-order valence-corrected chi connectivity index (χ2v) is 8.24. The molecule has 2 N–H and O–H groups in total. The number of nitrogens with zero attached hydrogens (tertiary/aromatic N) is 3. The summed E-state index contributed by atoms with van der Waals surface area (Å²) in [5.74, 6) is 0.410. The standard InChI is InChI=1S/C18H20N4OS2/c1-10-5-6-14(7-11(10)2)22-12(3)8-15(13(22)4)16(23)9-24-18-21-20-17(19)25-18/h5-8H,9H2,1-4H3,(H2,19,20). The van der Waals surface area contributed by atoms with E-state index < -0.39 is 0 Å². The number of rotatable bonds is 5. The van der Waals surface area contributed by atoms with Gasteiger partial charge in [-0.2, -0.15) is 0 Å². The second-order valence-electron chi connectivity index (χ2n) is 6.01. The van der Waals surface area contributed by atoms with Gasteiger partial charge in [0, 0.05) is 22.6 Å². The van der Waals surface area contributed by atoms with Crippen molar-refractivity contribution in [2.24, 2.45) is 0 Å². The largest absolute Gasteiger partial charge is 0.374 e. The van der Waals surface area contributed by atoms with Crippen LogP contribution in [0.4, 0.5) is 5.13 Å². The lowest BCUT2D eigenvalue weighted by molar-refractivity contribution is 0.102. The molecule has 0 spiro atoms. The van der Waals surface area contributed by atoms with Crippen molar-refractivity contribution in [3.63, 3.8) is 0 Å². The fourth-order valence-corrected chi connectivity index (χ4v) is 4.31. The first-order valence-electron chi connectivity index (χ1n) is 7.88. The summed E-state index contributed by atoms with van der Waals surface area (Å²) in [6.07, 6.45) is 0.